The van der Waals surface area contributed by atoms with Crippen molar-refractivity contribution in [3.63, 3.8) is 0 Å². The molecule has 2 N–H and O–H groups in total. The van der Waals surface area contributed by atoms with Gasteiger partial charge in [-0.3, -0.25) is 0 Å². The summed E-state index contributed by atoms with van der Waals surface area (Å²) in [4.78, 5) is 10.4. The second kappa shape index (κ2) is 3.69. The molecule has 0 saturated carbocycles. The van der Waals surface area contributed by atoms with Gasteiger partial charge in [-0.1, -0.05) is 6.92 Å². The van der Waals surface area contributed by atoms with Crippen molar-refractivity contribution in [2.24, 2.45) is 5.92 Å². The highest BCUT2D eigenvalue weighted by molar-refractivity contribution is 5.76. The average molecular weight is 162 g/mol. The van der Waals surface area contributed by atoms with E-state index in [0.717, 1.165) is 0 Å². The molecule has 0 amide bonds. The molecule has 2 unspecified atom stereocenters. The van der Waals surface area contributed by atoms with E-state index in [2.05, 4.69) is 0 Å². The number of hydrogen-bond acceptors (Lipinski definition) is 3. The Kier molecular flexibility index (Phi) is 3.48. The lowest BCUT2D eigenvalue weighted by atomic mass is 9.92. The van der Waals surface area contributed by atoms with Crippen molar-refractivity contribution in [3.8, 4) is 0 Å². The maximum Gasteiger partial charge on any atom is 0.335 e. The lowest BCUT2D eigenvalue weighted by molar-refractivity contribution is -0.163. The van der Waals surface area contributed by atoms with Crippen molar-refractivity contribution in [1.82, 2.24) is 0 Å². The van der Waals surface area contributed by atoms with E-state index in [4.69, 9.17) is 9.84 Å². The molecule has 0 radical (unpaired) electrons. The van der Waals surface area contributed by atoms with E-state index in [1.165, 1.54) is 14.0 Å². The molecule has 0 aromatic carbocycles. The first-order valence-corrected chi connectivity index (χ1v) is 3.37. The molecule has 4 nitrogen and oxygen atoms in total. The number of carbonyl (C=O) groups is 1. The van der Waals surface area contributed by atoms with Crippen molar-refractivity contribution in [2.45, 2.75) is 19.4 Å². The molecule has 0 heterocycles. The highest BCUT2D eigenvalue weighted by Crippen LogP contribution is 2.16. The van der Waals surface area contributed by atoms with E-state index >= 15 is 0 Å². The number of ether oxygens (including phenoxy) is 1. The van der Waals surface area contributed by atoms with Gasteiger partial charge in [0.05, 0.1) is 6.61 Å². The molecule has 0 aliphatic carbocycles. The Balaban J connectivity index is 4.17. The topological polar surface area (TPSA) is 66.8 Å². The summed E-state index contributed by atoms with van der Waals surface area (Å²) in [5, 5.41) is 17.8. The number of rotatable bonds is 4. The predicted molar refractivity (Wildman–Crippen MR) is 39.3 cm³/mol. The van der Waals surface area contributed by atoms with Gasteiger partial charge in [-0.05, 0) is 6.92 Å². The number of aliphatic carboxylic acids is 1. The van der Waals surface area contributed by atoms with Crippen molar-refractivity contribution >= 4 is 5.97 Å². The number of methoxy groups -OCH3 is 1. The van der Waals surface area contributed by atoms with Crippen LogP contribution in [0.1, 0.15) is 13.8 Å². The smallest absolute Gasteiger partial charge is 0.335 e. The summed E-state index contributed by atoms with van der Waals surface area (Å²) < 4.78 is 4.72. The van der Waals surface area contributed by atoms with Crippen LogP contribution in [0.15, 0.2) is 0 Å². The van der Waals surface area contributed by atoms with Crippen molar-refractivity contribution in [2.75, 3.05) is 13.7 Å². The van der Waals surface area contributed by atoms with Crippen LogP contribution in [-0.4, -0.2) is 35.5 Å². The Bertz CT molecular complexity index is 141. The molecule has 2 atom stereocenters. The zero-order valence-corrected chi connectivity index (χ0v) is 7.00. The highest BCUT2D eigenvalue weighted by atomic mass is 16.5. The summed E-state index contributed by atoms with van der Waals surface area (Å²) >= 11 is 0. The van der Waals surface area contributed by atoms with Gasteiger partial charge in [-0.15, -0.1) is 0 Å². The van der Waals surface area contributed by atoms with Gasteiger partial charge in [0, 0.05) is 13.0 Å². The van der Waals surface area contributed by atoms with Gasteiger partial charge in [0.2, 0.25) is 0 Å². The highest BCUT2D eigenvalue weighted by Gasteiger charge is 2.36. The fraction of sp³-hybridized carbons (Fsp3) is 0.857. The Morgan fingerprint density at radius 2 is 2.18 bits per heavy atom. The summed E-state index contributed by atoms with van der Waals surface area (Å²) in [6.45, 7) is 3.12. The van der Waals surface area contributed by atoms with E-state index in [9.17, 15) is 9.90 Å². The van der Waals surface area contributed by atoms with E-state index in [1.54, 1.807) is 6.92 Å². The Hall–Kier alpha value is -0.610. The molecule has 0 rings (SSSR count). The normalized spacial score (nSPS) is 18.9. The maximum atomic E-state index is 10.4. The lowest BCUT2D eigenvalue weighted by Crippen LogP contribution is -2.43. The molecule has 0 bridgehead atoms. The van der Waals surface area contributed by atoms with E-state index in [-0.39, 0.29) is 6.61 Å². The van der Waals surface area contributed by atoms with Crippen LogP contribution in [-0.2, 0) is 9.53 Å². The minimum absolute atomic E-state index is 0.235. The first-order valence-electron chi connectivity index (χ1n) is 3.37. The van der Waals surface area contributed by atoms with Gasteiger partial charge in [-0.2, -0.15) is 0 Å². The molecule has 0 spiro atoms. The van der Waals surface area contributed by atoms with E-state index in [1.807, 2.05) is 0 Å². The standard InChI is InChI=1S/C7H14O4/c1-5(4-11-3)7(2,10)6(8)9/h5,10H,4H2,1-3H3,(H,8,9). The van der Waals surface area contributed by atoms with Crippen LogP contribution >= 0.6 is 0 Å². The molecule has 0 aliphatic heterocycles. The Morgan fingerprint density at radius 3 is 2.45 bits per heavy atom. The van der Waals surface area contributed by atoms with Crippen LogP contribution in [0.2, 0.25) is 0 Å². The molecular formula is C7H14O4. The van der Waals surface area contributed by atoms with Crippen molar-refractivity contribution < 1.29 is 19.7 Å². The first-order chi connectivity index (χ1) is 4.92. The average Bonchev–Trinajstić information content (AvgIpc) is 1.88. The Labute approximate surface area is 65.8 Å². The molecule has 11 heavy (non-hydrogen) atoms. The largest absolute Gasteiger partial charge is 0.479 e. The van der Waals surface area contributed by atoms with Gasteiger partial charge in [0.1, 0.15) is 0 Å². The monoisotopic (exact) mass is 162 g/mol. The number of hydrogen-bond donors (Lipinski definition) is 2. The zero-order chi connectivity index (χ0) is 9.07. The minimum Gasteiger partial charge on any atom is -0.479 e. The Morgan fingerprint density at radius 1 is 1.73 bits per heavy atom. The quantitative estimate of drug-likeness (QED) is 0.615. The third-order valence-corrected chi connectivity index (χ3v) is 1.81. The van der Waals surface area contributed by atoms with Crippen LogP contribution < -0.4 is 0 Å². The summed E-state index contributed by atoms with van der Waals surface area (Å²) in [5.41, 5.74) is -1.70. The van der Waals surface area contributed by atoms with E-state index < -0.39 is 17.5 Å². The van der Waals surface area contributed by atoms with Crippen LogP contribution in [0.5, 0.6) is 0 Å². The molecule has 0 aliphatic rings. The lowest BCUT2D eigenvalue weighted by Gasteiger charge is -2.24. The second-order valence-electron chi connectivity index (χ2n) is 2.81. The SMILES string of the molecule is COCC(C)C(C)(O)C(=O)O. The third kappa shape index (κ3) is 2.48. The molecule has 0 aromatic heterocycles. The summed E-state index contributed by atoms with van der Waals surface area (Å²) in [5.74, 6) is -1.63. The van der Waals surface area contributed by atoms with Crippen molar-refractivity contribution in [3.05, 3.63) is 0 Å². The van der Waals surface area contributed by atoms with Crippen molar-refractivity contribution in [1.29, 1.82) is 0 Å². The summed E-state index contributed by atoms with van der Waals surface area (Å²) in [7, 11) is 1.47. The predicted octanol–water partition coefficient (Wildman–Crippen LogP) is 0.104. The second-order valence-corrected chi connectivity index (χ2v) is 2.81. The number of aliphatic hydroxyl groups is 1. The number of carboxylic acid groups (broad SMARTS) is 1. The van der Waals surface area contributed by atoms with Crippen LogP contribution in [0.3, 0.4) is 0 Å². The van der Waals surface area contributed by atoms with Gasteiger partial charge in [0.15, 0.2) is 5.60 Å². The van der Waals surface area contributed by atoms with Crippen LogP contribution in [0.4, 0.5) is 0 Å². The molecule has 66 valence electrons. The summed E-state index contributed by atoms with van der Waals surface area (Å²) in [6.07, 6.45) is 0. The molecule has 0 aromatic rings. The van der Waals surface area contributed by atoms with Gasteiger partial charge in [-0.25, -0.2) is 4.79 Å². The molecule has 0 saturated heterocycles. The minimum atomic E-state index is -1.70. The first kappa shape index (κ1) is 10.4. The van der Waals surface area contributed by atoms with Gasteiger partial charge in [0.25, 0.3) is 0 Å². The van der Waals surface area contributed by atoms with E-state index in [0.29, 0.717) is 0 Å². The maximum absolute atomic E-state index is 10.4. The third-order valence-electron chi connectivity index (χ3n) is 1.81. The van der Waals surface area contributed by atoms with Crippen LogP contribution in [0, 0.1) is 5.92 Å². The van der Waals surface area contributed by atoms with Gasteiger partial charge < -0.3 is 14.9 Å². The number of carboxylic acids is 1. The van der Waals surface area contributed by atoms with Gasteiger partial charge >= 0.3 is 5.97 Å². The zero-order valence-electron chi connectivity index (χ0n) is 7.00. The molecule has 4 heteroatoms. The molecular weight excluding hydrogens is 148 g/mol. The molecule has 0 fully saturated rings. The fourth-order valence-corrected chi connectivity index (χ4v) is 0.623. The summed E-state index contributed by atoms with van der Waals surface area (Å²) in [6, 6.07) is 0. The fourth-order valence-electron chi connectivity index (χ4n) is 0.623. The van der Waals surface area contributed by atoms with Crippen LogP contribution in [0.25, 0.3) is 0 Å².